The smallest absolute Gasteiger partial charge is 0.155 e. The zero-order valence-electron chi connectivity index (χ0n) is 17.8. The van der Waals surface area contributed by atoms with Gasteiger partial charge in [-0.15, -0.1) is 0 Å². The maximum Gasteiger partial charge on any atom is 0.155 e. The number of pyridine rings is 2. The number of fused-ring (bicyclic) bond motifs is 1. The molecule has 8 heteroatoms. The fraction of sp³-hybridized carbons (Fsp3) is 0.333. The van der Waals surface area contributed by atoms with Gasteiger partial charge in [-0.05, 0) is 43.9 Å². The zero-order chi connectivity index (χ0) is 22.1. The maximum absolute atomic E-state index is 14.3. The van der Waals surface area contributed by atoms with Crippen molar-refractivity contribution < 1.29 is 4.39 Å². The molecule has 0 amide bonds. The van der Waals surface area contributed by atoms with E-state index in [0.29, 0.717) is 17.0 Å². The third-order valence-corrected chi connectivity index (χ3v) is 7.22. The van der Waals surface area contributed by atoms with Crippen LogP contribution in [0.4, 0.5) is 4.39 Å². The molecule has 1 saturated carbocycles. The lowest BCUT2D eigenvalue weighted by Crippen LogP contribution is -2.15. The number of hydrogen-bond acceptors (Lipinski definition) is 5. The molecule has 1 aliphatic rings. The molecule has 0 aliphatic heterocycles. The first-order chi connectivity index (χ1) is 15.6. The Morgan fingerprint density at radius 2 is 2.06 bits per heavy atom. The third kappa shape index (κ3) is 3.89. The van der Waals surface area contributed by atoms with E-state index in [1.807, 2.05) is 18.5 Å². The maximum atomic E-state index is 14.3. The minimum absolute atomic E-state index is 0.265. The number of aromatic nitrogens is 5. The summed E-state index contributed by atoms with van der Waals surface area (Å²) in [5.41, 5.74) is 4.14. The van der Waals surface area contributed by atoms with E-state index in [2.05, 4.69) is 32.9 Å². The predicted molar refractivity (Wildman–Crippen MR) is 121 cm³/mol. The van der Waals surface area contributed by atoms with Crippen LogP contribution in [0.1, 0.15) is 43.4 Å². The largest absolute Gasteiger partial charge is 0.269 e. The molecule has 0 spiro atoms. The first-order valence-electron chi connectivity index (χ1n) is 10.9. The first-order valence-corrected chi connectivity index (χ1v) is 11.7. The number of nitriles is 1. The Morgan fingerprint density at radius 1 is 1.22 bits per heavy atom. The summed E-state index contributed by atoms with van der Waals surface area (Å²) in [6.45, 7) is 3.03. The van der Waals surface area contributed by atoms with Gasteiger partial charge in [0.05, 0.1) is 23.5 Å². The fourth-order valence-electron chi connectivity index (χ4n) is 4.47. The molecule has 4 aromatic rings. The second-order valence-electron chi connectivity index (χ2n) is 8.28. The second-order valence-corrected chi connectivity index (χ2v) is 9.31. The van der Waals surface area contributed by atoms with Crippen LogP contribution in [-0.4, -0.2) is 24.4 Å². The Morgan fingerprint density at radius 3 is 2.84 bits per heavy atom. The van der Waals surface area contributed by atoms with Gasteiger partial charge in [-0.2, -0.15) is 15.5 Å². The summed E-state index contributed by atoms with van der Waals surface area (Å²) < 4.78 is 18.1. The van der Waals surface area contributed by atoms with Crippen molar-refractivity contribution in [1.82, 2.24) is 24.4 Å². The fourth-order valence-corrected chi connectivity index (χ4v) is 5.44. The van der Waals surface area contributed by atoms with E-state index >= 15 is 0 Å². The van der Waals surface area contributed by atoms with Crippen LogP contribution < -0.4 is 0 Å². The monoisotopic (exact) mass is 446 g/mol. The molecule has 0 N–H and O–H groups in total. The normalized spacial score (nSPS) is 14.7. The highest BCUT2D eigenvalue weighted by molar-refractivity contribution is 7.99. The van der Waals surface area contributed by atoms with Gasteiger partial charge in [0.2, 0.25) is 0 Å². The lowest BCUT2D eigenvalue weighted by molar-refractivity contribution is 0.306. The zero-order valence-corrected chi connectivity index (χ0v) is 18.6. The van der Waals surface area contributed by atoms with Crippen molar-refractivity contribution in [2.24, 2.45) is 5.92 Å². The lowest BCUT2D eigenvalue weighted by atomic mass is 9.89. The summed E-state index contributed by atoms with van der Waals surface area (Å²) in [4.78, 5) is 4.90. The quantitative estimate of drug-likeness (QED) is 0.396. The van der Waals surface area contributed by atoms with Gasteiger partial charge in [-0.25, -0.2) is 13.9 Å². The second kappa shape index (κ2) is 8.75. The summed E-state index contributed by atoms with van der Waals surface area (Å²) in [7, 11) is 0. The highest BCUT2D eigenvalue weighted by atomic mass is 32.2. The van der Waals surface area contributed by atoms with E-state index in [-0.39, 0.29) is 5.03 Å². The van der Waals surface area contributed by atoms with E-state index in [1.54, 1.807) is 16.8 Å². The van der Waals surface area contributed by atoms with Gasteiger partial charge < -0.3 is 0 Å². The van der Waals surface area contributed by atoms with Crippen LogP contribution in [0.15, 0.2) is 52.9 Å². The van der Waals surface area contributed by atoms with Gasteiger partial charge in [-0.3, -0.25) is 4.68 Å². The van der Waals surface area contributed by atoms with Crippen LogP contribution in [0.2, 0.25) is 0 Å². The average molecular weight is 447 g/mol. The molecule has 4 aromatic heterocycles. The lowest BCUT2D eigenvalue weighted by Gasteiger charge is -2.22. The molecule has 0 saturated heterocycles. The molecule has 1 fully saturated rings. The number of halogens is 1. The van der Waals surface area contributed by atoms with Crippen LogP contribution in [0.5, 0.6) is 0 Å². The number of nitrogens with zero attached hydrogens (tertiary/aromatic N) is 6. The van der Waals surface area contributed by atoms with Gasteiger partial charge in [-0.1, -0.05) is 31.0 Å². The number of rotatable bonds is 5. The molecule has 0 radical (unpaired) electrons. The van der Waals surface area contributed by atoms with Crippen molar-refractivity contribution in [3.63, 3.8) is 0 Å². The standard InChI is InChI=1S/C24H23FN6S/c1-16-20(13-29-30(16)14-17-6-3-2-4-7-17)18-10-22(32-24-21(25)8-5-9-27-24)23-19(11-26)12-28-31(23)15-18/h5,8-10,12-13,15,17H,2-4,6-7,14H2,1H3. The van der Waals surface area contributed by atoms with Crippen LogP contribution in [0, 0.1) is 30.0 Å². The molecule has 0 unspecified atom stereocenters. The summed E-state index contributed by atoms with van der Waals surface area (Å²) in [5, 5.41) is 18.8. The van der Waals surface area contributed by atoms with Gasteiger partial charge in [0.15, 0.2) is 5.82 Å². The van der Waals surface area contributed by atoms with Crippen molar-refractivity contribution in [2.75, 3.05) is 0 Å². The Kier molecular flexibility index (Phi) is 5.66. The van der Waals surface area contributed by atoms with E-state index < -0.39 is 5.82 Å². The minimum Gasteiger partial charge on any atom is -0.269 e. The van der Waals surface area contributed by atoms with Gasteiger partial charge >= 0.3 is 0 Å². The van der Waals surface area contributed by atoms with Gasteiger partial charge in [0, 0.05) is 40.7 Å². The Hall–Kier alpha value is -3.18. The summed E-state index contributed by atoms with van der Waals surface area (Å²) >= 11 is 1.20. The molecule has 0 atom stereocenters. The van der Waals surface area contributed by atoms with Crippen molar-refractivity contribution in [3.8, 4) is 17.2 Å². The molecule has 0 aromatic carbocycles. The van der Waals surface area contributed by atoms with E-state index in [4.69, 9.17) is 0 Å². The number of hydrogen-bond donors (Lipinski definition) is 0. The predicted octanol–water partition coefficient (Wildman–Crippen LogP) is 5.64. The molecule has 162 valence electrons. The molecule has 6 nitrogen and oxygen atoms in total. The molecule has 4 heterocycles. The van der Waals surface area contributed by atoms with Crippen molar-refractivity contribution in [1.29, 1.82) is 5.26 Å². The van der Waals surface area contributed by atoms with E-state index in [0.717, 1.165) is 28.3 Å². The summed E-state index contributed by atoms with van der Waals surface area (Å²) in [6.07, 6.45) is 13.4. The SMILES string of the molecule is Cc1c(-c2cc(Sc3ncccc3F)c3c(C#N)cnn3c2)cnn1CC1CCCCC1. The van der Waals surface area contributed by atoms with Crippen LogP contribution in [-0.2, 0) is 6.54 Å². The van der Waals surface area contributed by atoms with E-state index in [9.17, 15) is 9.65 Å². The average Bonchev–Trinajstić information content (AvgIpc) is 3.39. The Balaban J connectivity index is 1.55. The molecule has 32 heavy (non-hydrogen) atoms. The molecule has 0 bridgehead atoms. The molecular formula is C24H23FN6S. The highest BCUT2D eigenvalue weighted by Crippen LogP contribution is 2.36. The molecule has 5 rings (SSSR count). The van der Waals surface area contributed by atoms with Crippen LogP contribution in [0.25, 0.3) is 16.6 Å². The molecule has 1 aliphatic carbocycles. The third-order valence-electron chi connectivity index (χ3n) is 6.20. The Bertz CT molecular complexity index is 1310. The Labute approximate surface area is 190 Å². The van der Waals surface area contributed by atoms with Crippen LogP contribution >= 0.6 is 11.8 Å². The van der Waals surface area contributed by atoms with E-state index in [1.165, 1.54) is 56.1 Å². The summed E-state index contributed by atoms with van der Waals surface area (Å²) in [5.74, 6) is 0.288. The minimum atomic E-state index is -0.393. The van der Waals surface area contributed by atoms with Crippen molar-refractivity contribution in [2.45, 2.75) is 55.5 Å². The van der Waals surface area contributed by atoms with Crippen molar-refractivity contribution >= 4 is 17.3 Å². The first kappa shape index (κ1) is 20.7. The molecular weight excluding hydrogens is 423 g/mol. The topological polar surface area (TPSA) is 71.8 Å². The van der Waals surface area contributed by atoms with Gasteiger partial charge in [0.1, 0.15) is 11.1 Å². The van der Waals surface area contributed by atoms with Crippen LogP contribution in [0.3, 0.4) is 0 Å². The van der Waals surface area contributed by atoms with Gasteiger partial charge in [0.25, 0.3) is 0 Å². The van der Waals surface area contributed by atoms with Crippen molar-refractivity contribution in [3.05, 3.63) is 60.1 Å². The highest BCUT2D eigenvalue weighted by Gasteiger charge is 2.19. The summed E-state index contributed by atoms with van der Waals surface area (Å²) in [6, 6.07) is 7.11.